The number of hydrogen-bond acceptors (Lipinski definition) is 8. The van der Waals surface area contributed by atoms with Gasteiger partial charge in [0.2, 0.25) is 5.91 Å². The number of ether oxygens (including phenoxy) is 2. The summed E-state index contributed by atoms with van der Waals surface area (Å²) in [5, 5.41) is 9.07. The first-order chi connectivity index (χ1) is 23.9. The van der Waals surface area contributed by atoms with Gasteiger partial charge in [-0.2, -0.15) is 5.26 Å². The zero-order chi connectivity index (χ0) is 35.6. The van der Waals surface area contributed by atoms with Crippen LogP contribution in [0.5, 0.6) is 5.75 Å². The Bertz CT molecular complexity index is 1820. The van der Waals surface area contributed by atoms with Crippen molar-refractivity contribution in [1.29, 1.82) is 5.26 Å². The highest BCUT2D eigenvalue weighted by atomic mass is 19.1. The van der Waals surface area contributed by atoms with Crippen LogP contribution < -0.4 is 15.4 Å². The van der Waals surface area contributed by atoms with Crippen LogP contribution in [-0.2, 0) is 33.9 Å². The summed E-state index contributed by atoms with van der Waals surface area (Å²) in [6.07, 6.45) is 3.16. The molecule has 1 saturated heterocycles. The number of halogens is 1. The zero-order valence-electron chi connectivity index (χ0n) is 28.9. The van der Waals surface area contributed by atoms with E-state index in [-0.39, 0.29) is 31.1 Å². The standard InChI is InChI=1S/C39H44FN5O5/c1-39(2,3)50-36(46)15-14-34(37(42)47)45-23-30-29(38(45)48)7-5-9-35(30)49-24-26-10-12-28-27(20-26)6-4-8-32(28)43-16-18-44(19-17-43)33-13-11-25(22-41)21-31(33)40/h5,7,9-13,20-21,32,34H,4,6,8,14-19,23-24H2,1-3H3,(H2,42,47)/t32?,34-/m0/s1. The van der Waals surface area contributed by atoms with E-state index in [0.717, 1.165) is 37.9 Å². The number of nitrogens with two attached hydrogens (primary N) is 1. The number of carbonyl (C=O) groups excluding carboxylic acids is 3. The number of hydrogen-bond donors (Lipinski definition) is 1. The second kappa shape index (κ2) is 14.5. The minimum atomic E-state index is -0.955. The van der Waals surface area contributed by atoms with E-state index >= 15 is 0 Å². The van der Waals surface area contributed by atoms with Crippen molar-refractivity contribution in [2.75, 3.05) is 31.1 Å². The van der Waals surface area contributed by atoms with Gasteiger partial charge in [0.05, 0.1) is 23.9 Å². The van der Waals surface area contributed by atoms with Crippen molar-refractivity contribution in [2.24, 2.45) is 5.73 Å². The summed E-state index contributed by atoms with van der Waals surface area (Å²) in [5.41, 5.74) is 10.7. The number of anilines is 1. The lowest BCUT2D eigenvalue weighted by Crippen LogP contribution is -2.48. The normalized spacial score (nSPS) is 18.2. The monoisotopic (exact) mass is 681 g/mol. The van der Waals surface area contributed by atoms with Crippen molar-refractivity contribution in [3.63, 3.8) is 0 Å². The number of piperazine rings is 1. The lowest BCUT2D eigenvalue weighted by molar-refractivity contribution is -0.155. The molecule has 2 amide bonds. The lowest BCUT2D eigenvalue weighted by atomic mass is 9.85. The van der Waals surface area contributed by atoms with Crippen LogP contribution in [0.2, 0.25) is 0 Å². The second-order valence-electron chi connectivity index (χ2n) is 14.3. The van der Waals surface area contributed by atoms with Gasteiger partial charge in [0.15, 0.2) is 0 Å². The number of fused-ring (bicyclic) bond motifs is 2. The molecule has 0 saturated carbocycles. The smallest absolute Gasteiger partial charge is 0.306 e. The number of aryl methyl sites for hydroxylation is 1. The quantitative estimate of drug-likeness (QED) is 0.282. The third-order valence-electron chi connectivity index (χ3n) is 9.76. The average Bonchev–Trinajstić information content (AvgIpc) is 3.42. The van der Waals surface area contributed by atoms with Crippen LogP contribution >= 0.6 is 0 Å². The number of esters is 1. The Morgan fingerprint density at radius 2 is 1.86 bits per heavy atom. The summed E-state index contributed by atoms with van der Waals surface area (Å²) in [6, 6.07) is 17.8. The molecule has 2 N–H and O–H groups in total. The molecule has 11 heteroatoms. The molecule has 0 aromatic heterocycles. The molecule has 10 nitrogen and oxygen atoms in total. The average molecular weight is 682 g/mol. The van der Waals surface area contributed by atoms with Crippen LogP contribution in [0.4, 0.5) is 10.1 Å². The van der Waals surface area contributed by atoms with Gasteiger partial charge in [-0.05, 0) is 93.5 Å². The van der Waals surface area contributed by atoms with Crippen LogP contribution in [0.15, 0.2) is 54.6 Å². The Hall–Kier alpha value is -4.95. The van der Waals surface area contributed by atoms with Crippen molar-refractivity contribution in [3.05, 3.63) is 93.8 Å². The SMILES string of the molecule is CC(C)(C)OC(=O)CC[C@@H](C(N)=O)N1Cc2c(OCc3ccc4c(c3)CCCC4N3CCN(c4ccc(C#N)cc4F)CC3)cccc2C1=O. The van der Waals surface area contributed by atoms with E-state index in [4.69, 9.17) is 20.5 Å². The first-order valence-electron chi connectivity index (χ1n) is 17.3. The summed E-state index contributed by atoms with van der Waals surface area (Å²) in [7, 11) is 0. The van der Waals surface area contributed by atoms with Crippen LogP contribution in [-0.4, -0.2) is 65.4 Å². The van der Waals surface area contributed by atoms with Gasteiger partial charge in [-0.15, -0.1) is 0 Å². The number of primary amides is 1. The van der Waals surface area contributed by atoms with Gasteiger partial charge >= 0.3 is 5.97 Å². The molecule has 3 aromatic carbocycles. The Kier molecular flexibility index (Phi) is 10.1. The molecule has 262 valence electrons. The van der Waals surface area contributed by atoms with E-state index in [1.54, 1.807) is 45.0 Å². The first kappa shape index (κ1) is 34.9. The van der Waals surface area contributed by atoms with Gasteiger partial charge in [0.1, 0.15) is 29.8 Å². The summed E-state index contributed by atoms with van der Waals surface area (Å²) >= 11 is 0. The molecule has 1 unspecified atom stereocenters. The van der Waals surface area contributed by atoms with E-state index in [9.17, 15) is 18.8 Å². The lowest BCUT2D eigenvalue weighted by Gasteiger charge is -2.42. The Balaban J connectivity index is 1.08. The van der Waals surface area contributed by atoms with E-state index < -0.39 is 23.5 Å². The molecule has 3 aliphatic rings. The molecular weight excluding hydrogens is 637 g/mol. The van der Waals surface area contributed by atoms with E-state index in [1.165, 1.54) is 22.1 Å². The first-order valence-corrected chi connectivity index (χ1v) is 17.3. The zero-order valence-corrected chi connectivity index (χ0v) is 28.9. The molecule has 50 heavy (non-hydrogen) atoms. The molecule has 0 radical (unpaired) electrons. The number of amides is 2. The fraction of sp³-hybridized carbons (Fsp3) is 0.436. The molecule has 3 aromatic rings. The Morgan fingerprint density at radius 3 is 2.56 bits per heavy atom. The molecule has 0 spiro atoms. The maximum atomic E-state index is 14.7. The fourth-order valence-electron chi connectivity index (χ4n) is 7.39. The van der Waals surface area contributed by atoms with Crippen molar-refractivity contribution >= 4 is 23.5 Å². The molecule has 6 rings (SSSR count). The van der Waals surface area contributed by atoms with E-state index in [2.05, 4.69) is 28.0 Å². The van der Waals surface area contributed by atoms with Crippen LogP contribution in [0.25, 0.3) is 0 Å². The summed E-state index contributed by atoms with van der Waals surface area (Å²) in [4.78, 5) is 44.1. The van der Waals surface area contributed by atoms with Gasteiger partial charge in [-0.1, -0.05) is 24.3 Å². The molecule has 2 aliphatic heterocycles. The highest BCUT2D eigenvalue weighted by Gasteiger charge is 2.37. The summed E-state index contributed by atoms with van der Waals surface area (Å²) in [6.45, 7) is 8.86. The number of nitrogens with zero attached hydrogens (tertiary/aromatic N) is 4. The predicted octanol–water partition coefficient (Wildman–Crippen LogP) is 5.41. The van der Waals surface area contributed by atoms with Crippen LogP contribution in [0, 0.1) is 17.1 Å². The Morgan fingerprint density at radius 1 is 1.08 bits per heavy atom. The maximum Gasteiger partial charge on any atom is 0.306 e. The van der Waals surface area contributed by atoms with Gasteiger partial charge in [-0.25, -0.2) is 4.39 Å². The summed E-state index contributed by atoms with van der Waals surface area (Å²) in [5.74, 6) is -1.23. The number of carbonyl (C=O) groups is 3. The maximum absolute atomic E-state index is 14.7. The number of nitriles is 1. The molecule has 1 aliphatic carbocycles. The van der Waals surface area contributed by atoms with E-state index in [0.29, 0.717) is 53.9 Å². The fourth-order valence-corrected chi connectivity index (χ4v) is 7.39. The minimum Gasteiger partial charge on any atom is -0.489 e. The Labute approximate surface area is 292 Å². The summed E-state index contributed by atoms with van der Waals surface area (Å²) < 4.78 is 26.3. The van der Waals surface area contributed by atoms with Crippen LogP contribution in [0.3, 0.4) is 0 Å². The van der Waals surface area contributed by atoms with Gasteiger partial charge in [-0.3, -0.25) is 19.3 Å². The topological polar surface area (TPSA) is 129 Å². The highest BCUT2D eigenvalue weighted by Crippen LogP contribution is 2.37. The van der Waals surface area contributed by atoms with Gasteiger partial charge in [0.25, 0.3) is 5.91 Å². The van der Waals surface area contributed by atoms with Crippen molar-refractivity contribution in [1.82, 2.24) is 9.80 Å². The minimum absolute atomic E-state index is 0.0394. The molecule has 2 heterocycles. The molecule has 2 atom stereocenters. The van der Waals surface area contributed by atoms with Crippen molar-refractivity contribution in [3.8, 4) is 11.8 Å². The van der Waals surface area contributed by atoms with Gasteiger partial charge in [0, 0.05) is 49.8 Å². The predicted molar refractivity (Wildman–Crippen MR) is 186 cm³/mol. The van der Waals surface area contributed by atoms with Crippen molar-refractivity contribution < 1.29 is 28.2 Å². The van der Waals surface area contributed by atoms with Crippen LogP contribution in [0.1, 0.15) is 90.7 Å². The highest BCUT2D eigenvalue weighted by molar-refractivity contribution is 6.01. The number of rotatable bonds is 10. The third kappa shape index (κ3) is 7.60. The number of benzene rings is 3. The van der Waals surface area contributed by atoms with Gasteiger partial charge < -0.3 is 25.0 Å². The third-order valence-corrected chi connectivity index (χ3v) is 9.76. The molecular formula is C39H44FN5O5. The largest absolute Gasteiger partial charge is 0.489 e. The second-order valence-corrected chi connectivity index (χ2v) is 14.3. The molecule has 1 fully saturated rings. The van der Waals surface area contributed by atoms with Crippen molar-refractivity contribution in [2.45, 2.75) is 83.7 Å². The van der Waals surface area contributed by atoms with E-state index in [1.807, 2.05) is 12.1 Å². The molecule has 0 bridgehead atoms.